The van der Waals surface area contributed by atoms with Crippen LogP contribution in [-0.4, -0.2) is 48.5 Å². The number of phenols is 2. The summed E-state index contributed by atoms with van der Waals surface area (Å²) in [6.45, 7) is 3.86. The van der Waals surface area contributed by atoms with Crippen molar-refractivity contribution in [1.29, 1.82) is 0 Å². The second kappa shape index (κ2) is 12.1. The SMILES string of the molecule is Cc1cc(C)nc(NS(=O)(=O)c2ccc(Nc3nc4nc(NCc5ccccc5)nc(-c5ccc(O)cc5O)c4c(=O)[nH]3)cc2)n1. The van der Waals surface area contributed by atoms with Gasteiger partial charge in [0, 0.05) is 35.2 Å². The van der Waals surface area contributed by atoms with Gasteiger partial charge < -0.3 is 20.8 Å². The van der Waals surface area contributed by atoms with Crippen molar-refractivity contribution in [2.75, 3.05) is 15.4 Å². The van der Waals surface area contributed by atoms with E-state index in [1.807, 2.05) is 30.3 Å². The second-order valence-electron chi connectivity index (χ2n) is 10.3. The van der Waals surface area contributed by atoms with Crippen molar-refractivity contribution in [3.05, 3.63) is 106 Å². The van der Waals surface area contributed by atoms with E-state index in [0.29, 0.717) is 23.6 Å². The normalized spacial score (nSPS) is 11.3. The molecule has 14 nitrogen and oxygen atoms in total. The quantitative estimate of drug-likeness (QED) is 0.131. The standard InChI is InChI=1S/C31H27N9O5S/c1-17-14-18(2)34-31(33-17)40-46(44,45)22-11-8-20(9-12-22)35-30-38-27-25(28(43)39-30)26(23-13-10-21(41)15-24(23)42)36-29(37-27)32-16-19-6-4-3-5-7-19/h3-15,41-42H,16H2,1-2H3,(H,33,34,40)(H3,32,35,36,37,38,39,43). The highest BCUT2D eigenvalue weighted by Gasteiger charge is 2.20. The van der Waals surface area contributed by atoms with E-state index < -0.39 is 15.6 Å². The van der Waals surface area contributed by atoms with Gasteiger partial charge in [-0.15, -0.1) is 0 Å². The van der Waals surface area contributed by atoms with Gasteiger partial charge in [-0.2, -0.15) is 9.97 Å². The van der Waals surface area contributed by atoms with Gasteiger partial charge in [-0.25, -0.2) is 28.1 Å². The Morgan fingerprint density at radius 1 is 0.804 bits per heavy atom. The summed E-state index contributed by atoms with van der Waals surface area (Å²) in [5, 5.41) is 26.5. The van der Waals surface area contributed by atoms with Crippen molar-refractivity contribution in [1.82, 2.24) is 29.9 Å². The molecule has 46 heavy (non-hydrogen) atoms. The van der Waals surface area contributed by atoms with Crippen LogP contribution in [0.1, 0.15) is 17.0 Å². The zero-order valence-corrected chi connectivity index (χ0v) is 25.3. The number of hydrogen-bond donors (Lipinski definition) is 6. The van der Waals surface area contributed by atoms with E-state index in [9.17, 15) is 23.4 Å². The van der Waals surface area contributed by atoms with Gasteiger partial charge in [-0.05, 0) is 61.9 Å². The molecule has 6 rings (SSSR count). The Bertz CT molecular complexity index is 2220. The first-order chi connectivity index (χ1) is 22.0. The van der Waals surface area contributed by atoms with Crippen LogP contribution < -0.4 is 20.9 Å². The van der Waals surface area contributed by atoms with Gasteiger partial charge in [0.25, 0.3) is 15.6 Å². The molecule has 0 saturated carbocycles. The lowest BCUT2D eigenvalue weighted by atomic mass is 10.1. The van der Waals surface area contributed by atoms with Crippen molar-refractivity contribution < 1.29 is 18.6 Å². The van der Waals surface area contributed by atoms with Gasteiger partial charge in [0.2, 0.25) is 17.8 Å². The maximum Gasteiger partial charge on any atom is 0.264 e. The van der Waals surface area contributed by atoms with Crippen LogP contribution in [0.15, 0.2) is 88.6 Å². The third kappa shape index (κ3) is 6.53. The Labute approximate surface area is 262 Å². The average Bonchev–Trinajstić information content (AvgIpc) is 2.99. The molecule has 0 aliphatic rings. The van der Waals surface area contributed by atoms with E-state index >= 15 is 0 Å². The number of aromatic nitrogens is 6. The molecule has 0 unspecified atom stereocenters. The molecular weight excluding hydrogens is 610 g/mol. The molecule has 6 aromatic rings. The number of aromatic hydroxyl groups is 2. The number of anilines is 4. The highest BCUT2D eigenvalue weighted by atomic mass is 32.2. The molecule has 232 valence electrons. The third-order valence-corrected chi connectivity index (χ3v) is 8.08. The fraction of sp³-hybridized carbons (Fsp3) is 0.0968. The molecule has 0 saturated heterocycles. The summed E-state index contributed by atoms with van der Waals surface area (Å²) in [5.41, 5.74) is 2.36. The first kappa shape index (κ1) is 30.0. The van der Waals surface area contributed by atoms with Gasteiger partial charge in [-0.3, -0.25) is 9.78 Å². The Hall–Kier alpha value is -6.09. The Balaban J connectivity index is 1.32. The maximum atomic E-state index is 13.4. The third-order valence-electron chi connectivity index (χ3n) is 6.73. The summed E-state index contributed by atoms with van der Waals surface area (Å²) >= 11 is 0. The van der Waals surface area contributed by atoms with Gasteiger partial charge in [0.1, 0.15) is 16.9 Å². The summed E-state index contributed by atoms with van der Waals surface area (Å²) in [6.07, 6.45) is 0. The number of sulfonamides is 1. The van der Waals surface area contributed by atoms with Gasteiger partial charge in [-0.1, -0.05) is 30.3 Å². The van der Waals surface area contributed by atoms with E-state index in [0.717, 1.165) is 11.6 Å². The van der Waals surface area contributed by atoms with Crippen LogP contribution in [0.5, 0.6) is 11.5 Å². The Morgan fingerprint density at radius 3 is 2.22 bits per heavy atom. The Morgan fingerprint density at radius 2 is 1.52 bits per heavy atom. The zero-order valence-electron chi connectivity index (χ0n) is 24.5. The summed E-state index contributed by atoms with van der Waals surface area (Å²) in [6, 6.07) is 21.0. The predicted molar refractivity (Wildman–Crippen MR) is 173 cm³/mol. The molecule has 0 radical (unpaired) electrons. The van der Waals surface area contributed by atoms with Crippen molar-refractivity contribution in [3.8, 4) is 22.8 Å². The molecule has 0 fully saturated rings. The molecule has 3 aromatic carbocycles. The molecule has 3 aromatic heterocycles. The Kier molecular flexibility index (Phi) is 7.90. The van der Waals surface area contributed by atoms with Gasteiger partial charge in [0.15, 0.2) is 5.65 Å². The van der Waals surface area contributed by atoms with Crippen LogP contribution in [0.25, 0.3) is 22.3 Å². The minimum absolute atomic E-state index is 0.0120. The van der Waals surface area contributed by atoms with Crippen molar-refractivity contribution >= 4 is 44.6 Å². The second-order valence-corrected chi connectivity index (χ2v) is 12.0. The van der Waals surface area contributed by atoms with Crippen LogP contribution in [0.3, 0.4) is 0 Å². The first-order valence-corrected chi connectivity index (χ1v) is 15.4. The summed E-state index contributed by atoms with van der Waals surface area (Å²) in [5.74, 6) is -0.295. The molecule has 3 heterocycles. The van der Waals surface area contributed by atoms with Crippen LogP contribution in [0.4, 0.5) is 23.5 Å². The van der Waals surface area contributed by atoms with E-state index in [1.165, 1.54) is 36.4 Å². The number of rotatable bonds is 9. The monoisotopic (exact) mass is 637 g/mol. The molecule has 0 amide bonds. The van der Waals surface area contributed by atoms with Crippen LogP contribution in [-0.2, 0) is 16.6 Å². The number of benzene rings is 3. The molecule has 0 atom stereocenters. The predicted octanol–water partition coefficient (Wildman–Crippen LogP) is 4.35. The number of H-pyrrole nitrogens is 1. The molecule has 0 aliphatic heterocycles. The lowest BCUT2D eigenvalue weighted by molar-refractivity contribution is 0.452. The largest absolute Gasteiger partial charge is 0.508 e. The number of nitrogens with one attached hydrogen (secondary N) is 4. The fourth-order valence-electron chi connectivity index (χ4n) is 4.68. The number of aryl methyl sites for hydroxylation is 2. The van der Waals surface area contributed by atoms with Gasteiger partial charge in [0.05, 0.1) is 10.6 Å². The molecule has 15 heteroatoms. The first-order valence-electron chi connectivity index (χ1n) is 13.9. The van der Waals surface area contributed by atoms with Crippen LogP contribution in [0, 0.1) is 13.8 Å². The number of nitrogens with zero attached hydrogens (tertiary/aromatic N) is 5. The topological polar surface area (TPSA) is 208 Å². The lowest BCUT2D eigenvalue weighted by Crippen LogP contribution is -2.16. The lowest BCUT2D eigenvalue weighted by Gasteiger charge is -2.12. The van der Waals surface area contributed by atoms with Crippen molar-refractivity contribution in [3.63, 3.8) is 0 Å². The number of phenolic OH excluding ortho intramolecular Hbond substituents is 2. The van der Waals surface area contributed by atoms with E-state index in [1.54, 1.807) is 19.9 Å². The van der Waals surface area contributed by atoms with E-state index in [4.69, 9.17) is 0 Å². The fourth-order valence-corrected chi connectivity index (χ4v) is 5.62. The number of aromatic amines is 1. The van der Waals surface area contributed by atoms with Crippen LogP contribution in [0.2, 0.25) is 0 Å². The van der Waals surface area contributed by atoms with E-state index in [2.05, 4.69) is 45.3 Å². The maximum absolute atomic E-state index is 13.4. The summed E-state index contributed by atoms with van der Waals surface area (Å²) in [7, 11) is -3.98. The van der Waals surface area contributed by atoms with E-state index in [-0.39, 0.29) is 56.5 Å². The molecular formula is C31H27N9O5S. The minimum Gasteiger partial charge on any atom is -0.508 e. The van der Waals surface area contributed by atoms with Crippen molar-refractivity contribution in [2.24, 2.45) is 0 Å². The highest BCUT2D eigenvalue weighted by molar-refractivity contribution is 7.92. The van der Waals surface area contributed by atoms with Crippen LogP contribution >= 0.6 is 0 Å². The summed E-state index contributed by atoms with van der Waals surface area (Å²) < 4.78 is 28.2. The molecule has 0 bridgehead atoms. The highest BCUT2D eigenvalue weighted by Crippen LogP contribution is 2.34. The molecule has 0 aliphatic carbocycles. The molecule has 0 spiro atoms. The number of fused-ring (bicyclic) bond motifs is 1. The van der Waals surface area contributed by atoms with Crippen molar-refractivity contribution in [2.45, 2.75) is 25.3 Å². The molecule has 6 N–H and O–H groups in total. The number of hydrogen-bond acceptors (Lipinski definition) is 12. The average molecular weight is 638 g/mol. The summed E-state index contributed by atoms with van der Waals surface area (Å²) in [4.78, 5) is 37.7. The smallest absolute Gasteiger partial charge is 0.264 e. The minimum atomic E-state index is -3.98. The zero-order chi connectivity index (χ0) is 32.4. The van der Waals surface area contributed by atoms with Gasteiger partial charge >= 0.3 is 0 Å².